The molecule has 5 unspecified atom stereocenters. The summed E-state index contributed by atoms with van der Waals surface area (Å²) < 4.78 is 0. The zero-order valence-electron chi connectivity index (χ0n) is 17.6. The third kappa shape index (κ3) is 7.99. The second kappa shape index (κ2) is 12.5. The molecule has 176 valence electrons. The van der Waals surface area contributed by atoms with Crippen molar-refractivity contribution in [1.82, 2.24) is 15.5 Å². The maximum atomic E-state index is 13.1. The van der Waals surface area contributed by atoms with Crippen LogP contribution in [0.3, 0.4) is 0 Å². The fourth-order valence-corrected chi connectivity index (χ4v) is 3.62. The number of nitrogens with one attached hydrogen (secondary N) is 2. The topological polar surface area (TPSA) is 205 Å². The van der Waals surface area contributed by atoms with Crippen LogP contribution in [0.1, 0.15) is 32.6 Å². The summed E-state index contributed by atoms with van der Waals surface area (Å²) in [5, 5.41) is 23.5. The number of primary amides is 1. The molecule has 1 saturated heterocycles. The van der Waals surface area contributed by atoms with Crippen LogP contribution in [0.4, 0.5) is 0 Å². The fourth-order valence-electron chi connectivity index (χ4n) is 3.15. The molecule has 13 heteroatoms. The third-order valence-corrected chi connectivity index (χ3v) is 5.55. The number of rotatable bonds is 12. The minimum atomic E-state index is -1.50. The third-order valence-electron chi connectivity index (χ3n) is 4.91. The van der Waals surface area contributed by atoms with Crippen LogP contribution in [-0.2, 0) is 24.0 Å². The van der Waals surface area contributed by atoms with E-state index >= 15 is 0 Å². The van der Waals surface area contributed by atoms with Crippen LogP contribution < -0.4 is 22.1 Å². The van der Waals surface area contributed by atoms with E-state index in [0.717, 1.165) is 0 Å². The summed E-state index contributed by atoms with van der Waals surface area (Å²) in [6.07, 6.45) is 1.24. The fraction of sp³-hybridized carbons (Fsp3) is 0.722. The molecule has 0 spiro atoms. The largest absolute Gasteiger partial charge is 0.480 e. The molecule has 12 nitrogen and oxygen atoms in total. The Kier molecular flexibility index (Phi) is 10.7. The quantitative estimate of drug-likeness (QED) is 0.179. The molecule has 0 aromatic rings. The number of likely N-dealkylation sites (tertiary alicyclic amines) is 1. The molecule has 1 aliphatic rings. The maximum absolute atomic E-state index is 13.1. The summed E-state index contributed by atoms with van der Waals surface area (Å²) in [4.78, 5) is 61.7. The first-order chi connectivity index (χ1) is 14.5. The van der Waals surface area contributed by atoms with Gasteiger partial charge in [0.2, 0.25) is 23.6 Å². The van der Waals surface area contributed by atoms with E-state index in [0.29, 0.717) is 18.6 Å². The van der Waals surface area contributed by atoms with Gasteiger partial charge in [0.25, 0.3) is 0 Å². The van der Waals surface area contributed by atoms with Crippen LogP contribution >= 0.6 is 11.8 Å². The normalized spacial score (nSPS) is 19.7. The molecule has 1 rings (SSSR count). The molecule has 0 aliphatic carbocycles. The van der Waals surface area contributed by atoms with Crippen molar-refractivity contribution in [2.45, 2.75) is 62.9 Å². The number of hydrogen-bond donors (Lipinski definition) is 6. The molecule has 4 amide bonds. The predicted molar refractivity (Wildman–Crippen MR) is 113 cm³/mol. The Hall–Kier alpha value is -2.38. The van der Waals surface area contributed by atoms with E-state index in [-0.39, 0.29) is 13.0 Å². The minimum absolute atomic E-state index is 0.249. The lowest BCUT2D eigenvalue weighted by atomic mass is 10.1. The van der Waals surface area contributed by atoms with Crippen LogP contribution in [0.5, 0.6) is 0 Å². The van der Waals surface area contributed by atoms with Gasteiger partial charge in [-0.2, -0.15) is 11.8 Å². The zero-order valence-corrected chi connectivity index (χ0v) is 18.4. The van der Waals surface area contributed by atoms with Gasteiger partial charge < -0.3 is 37.2 Å². The Balaban J connectivity index is 2.94. The Morgan fingerprint density at radius 1 is 1.19 bits per heavy atom. The number of hydrogen-bond acceptors (Lipinski definition) is 8. The van der Waals surface area contributed by atoms with Crippen molar-refractivity contribution >= 4 is 41.4 Å². The minimum Gasteiger partial charge on any atom is -0.480 e. The number of carbonyl (C=O) groups excluding carboxylic acids is 4. The number of carboxylic acid groups (broad SMARTS) is 1. The SMILES string of the molecule is CSCCC(NC(=O)C(N)C(C)O)C(=O)N1CCCC1C(=O)NC(CC(N)=O)C(=O)O. The number of aliphatic hydroxyl groups excluding tert-OH is 1. The van der Waals surface area contributed by atoms with Crippen molar-refractivity contribution in [1.29, 1.82) is 0 Å². The highest BCUT2D eigenvalue weighted by Crippen LogP contribution is 2.20. The number of carbonyl (C=O) groups is 5. The number of aliphatic hydroxyl groups is 1. The molecule has 0 aromatic carbocycles. The van der Waals surface area contributed by atoms with Gasteiger partial charge in [0, 0.05) is 6.54 Å². The highest BCUT2D eigenvalue weighted by molar-refractivity contribution is 7.98. The molecular weight excluding hydrogens is 430 g/mol. The van der Waals surface area contributed by atoms with E-state index in [4.69, 9.17) is 11.5 Å². The highest BCUT2D eigenvalue weighted by atomic mass is 32.2. The van der Waals surface area contributed by atoms with Gasteiger partial charge in [0.05, 0.1) is 12.5 Å². The zero-order chi connectivity index (χ0) is 23.7. The average molecular weight is 462 g/mol. The van der Waals surface area contributed by atoms with Gasteiger partial charge in [-0.3, -0.25) is 19.2 Å². The summed E-state index contributed by atoms with van der Waals surface area (Å²) in [7, 11) is 0. The molecule has 1 heterocycles. The number of amides is 4. The first-order valence-electron chi connectivity index (χ1n) is 9.84. The van der Waals surface area contributed by atoms with Crippen molar-refractivity contribution in [3.8, 4) is 0 Å². The first-order valence-corrected chi connectivity index (χ1v) is 11.2. The molecule has 31 heavy (non-hydrogen) atoms. The molecule has 0 radical (unpaired) electrons. The van der Waals surface area contributed by atoms with Crippen molar-refractivity contribution < 1.29 is 34.2 Å². The van der Waals surface area contributed by atoms with Gasteiger partial charge >= 0.3 is 5.97 Å². The van der Waals surface area contributed by atoms with E-state index in [1.165, 1.54) is 23.6 Å². The van der Waals surface area contributed by atoms with Crippen LogP contribution in [0.25, 0.3) is 0 Å². The number of carboxylic acids is 1. The Bertz CT molecular complexity index is 690. The first kappa shape index (κ1) is 26.7. The van der Waals surface area contributed by atoms with Crippen LogP contribution in [-0.4, -0.2) is 93.5 Å². The van der Waals surface area contributed by atoms with Crippen LogP contribution in [0.15, 0.2) is 0 Å². The van der Waals surface area contributed by atoms with E-state index in [1.807, 2.05) is 6.26 Å². The average Bonchev–Trinajstić information content (AvgIpc) is 3.18. The molecular formula is C18H31N5O7S. The van der Waals surface area contributed by atoms with Gasteiger partial charge in [-0.15, -0.1) is 0 Å². The van der Waals surface area contributed by atoms with Crippen molar-refractivity contribution in [2.24, 2.45) is 11.5 Å². The van der Waals surface area contributed by atoms with Crippen LogP contribution in [0, 0.1) is 0 Å². The monoisotopic (exact) mass is 461 g/mol. The molecule has 0 aromatic heterocycles. The standard InChI is InChI=1S/C18H31N5O7S/c1-9(24)14(20)16(27)21-10(5-7-31-2)17(28)23-6-3-4-12(23)15(26)22-11(18(29)30)8-13(19)25/h9-12,14,24H,3-8,20H2,1-2H3,(H2,19,25)(H,21,27)(H,22,26)(H,29,30). The van der Waals surface area contributed by atoms with E-state index in [9.17, 15) is 34.2 Å². The molecule has 8 N–H and O–H groups in total. The molecule has 1 fully saturated rings. The maximum Gasteiger partial charge on any atom is 0.326 e. The Morgan fingerprint density at radius 2 is 1.84 bits per heavy atom. The number of nitrogens with two attached hydrogens (primary N) is 2. The molecule has 0 bridgehead atoms. The number of thioether (sulfide) groups is 1. The van der Waals surface area contributed by atoms with Gasteiger partial charge in [-0.05, 0) is 38.2 Å². The van der Waals surface area contributed by atoms with Crippen LogP contribution in [0.2, 0.25) is 0 Å². The van der Waals surface area contributed by atoms with Gasteiger partial charge in [0.1, 0.15) is 24.2 Å². The second-order valence-corrected chi connectivity index (χ2v) is 8.35. The summed E-state index contributed by atoms with van der Waals surface area (Å²) in [6, 6.07) is -4.62. The summed E-state index contributed by atoms with van der Waals surface area (Å²) in [5.41, 5.74) is 10.7. The lowest BCUT2D eigenvalue weighted by Crippen LogP contribution is -2.58. The van der Waals surface area contributed by atoms with E-state index < -0.39 is 66.3 Å². The predicted octanol–water partition coefficient (Wildman–Crippen LogP) is -2.63. The Labute approximate surface area is 184 Å². The van der Waals surface area contributed by atoms with E-state index in [2.05, 4.69) is 10.6 Å². The second-order valence-electron chi connectivity index (χ2n) is 7.37. The van der Waals surface area contributed by atoms with Crippen molar-refractivity contribution in [3.05, 3.63) is 0 Å². The Morgan fingerprint density at radius 3 is 2.35 bits per heavy atom. The van der Waals surface area contributed by atoms with Crippen molar-refractivity contribution in [3.63, 3.8) is 0 Å². The molecule has 5 atom stereocenters. The van der Waals surface area contributed by atoms with Crippen molar-refractivity contribution in [2.75, 3.05) is 18.6 Å². The van der Waals surface area contributed by atoms with Gasteiger partial charge in [-0.25, -0.2) is 4.79 Å². The van der Waals surface area contributed by atoms with E-state index in [1.54, 1.807) is 0 Å². The van der Waals surface area contributed by atoms with Gasteiger partial charge in [0.15, 0.2) is 0 Å². The lowest BCUT2D eigenvalue weighted by Gasteiger charge is -2.30. The number of aliphatic carboxylic acids is 1. The number of nitrogens with zero attached hydrogens (tertiary/aromatic N) is 1. The van der Waals surface area contributed by atoms with Gasteiger partial charge in [-0.1, -0.05) is 0 Å². The lowest BCUT2D eigenvalue weighted by molar-refractivity contribution is -0.146. The summed E-state index contributed by atoms with van der Waals surface area (Å²) in [6.45, 7) is 1.60. The molecule has 1 aliphatic heterocycles. The summed E-state index contributed by atoms with van der Waals surface area (Å²) >= 11 is 1.47. The highest BCUT2D eigenvalue weighted by Gasteiger charge is 2.39. The molecule has 0 saturated carbocycles. The summed E-state index contributed by atoms with van der Waals surface area (Å²) in [5.74, 6) is -3.66. The smallest absolute Gasteiger partial charge is 0.326 e.